The molecule has 1 saturated heterocycles. The first-order valence-electron chi connectivity index (χ1n) is 7.73. The third-order valence-corrected chi connectivity index (χ3v) is 5.41. The summed E-state index contributed by atoms with van der Waals surface area (Å²) in [5.41, 5.74) is 1.97. The summed E-state index contributed by atoms with van der Waals surface area (Å²) < 4.78 is 27.0. The Morgan fingerprint density at radius 2 is 1.76 bits per heavy atom. The number of piperidine rings is 1. The Kier molecular flexibility index (Phi) is 5.79. The zero-order valence-corrected chi connectivity index (χ0v) is 13.8. The van der Waals surface area contributed by atoms with Gasteiger partial charge in [-0.3, -0.25) is 4.90 Å². The van der Waals surface area contributed by atoms with E-state index in [1.165, 1.54) is 19.3 Å². The van der Waals surface area contributed by atoms with Crippen molar-refractivity contribution in [1.82, 2.24) is 9.62 Å². The summed E-state index contributed by atoms with van der Waals surface area (Å²) in [6.07, 6.45) is 3.74. The first-order chi connectivity index (χ1) is 9.96. The maximum absolute atomic E-state index is 12.1. The predicted octanol–water partition coefficient (Wildman–Crippen LogP) is 2.29. The summed E-state index contributed by atoms with van der Waals surface area (Å²) >= 11 is 0. The fourth-order valence-corrected chi connectivity index (χ4v) is 3.92. The molecule has 1 fully saturated rings. The van der Waals surface area contributed by atoms with Crippen LogP contribution in [-0.2, 0) is 15.8 Å². The van der Waals surface area contributed by atoms with Crippen molar-refractivity contribution in [3.05, 3.63) is 35.4 Å². The molecule has 2 rings (SSSR count). The second kappa shape index (κ2) is 7.38. The average molecular weight is 310 g/mol. The number of nitrogens with zero attached hydrogens (tertiary/aromatic N) is 1. The third kappa shape index (κ3) is 5.41. The Labute approximate surface area is 128 Å². The van der Waals surface area contributed by atoms with Gasteiger partial charge in [-0.15, -0.1) is 0 Å². The molecule has 1 N–H and O–H groups in total. The number of nitrogens with one attached hydrogen (secondary N) is 1. The largest absolute Gasteiger partial charge is 0.299 e. The van der Waals surface area contributed by atoms with Gasteiger partial charge in [-0.05, 0) is 45.3 Å². The van der Waals surface area contributed by atoms with Crippen LogP contribution in [-0.4, -0.2) is 39.0 Å². The molecule has 1 aromatic carbocycles. The van der Waals surface area contributed by atoms with Crippen molar-refractivity contribution in [1.29, 1.82) is 0 Å². The summed E-state index contributed by atoms with van der Waals surface area (Å²) in [7, 11) is -3.26. The smallest absolute Gasteiger partial charge is 0.215 e. The Bertz CT molecular complexity index is 534. The van der Waals surface area contributed by atoms with Gasteiger partial charge in [-0.2, -0.15) is 0 Å². The van der Waals surface area contributed by atoms with Crippen LogP contribution in [0.2, 0.25) is 0 Å². The average Bonchev–Trinajstić information content (AvgIpc) is 2.48. The van der Waals surface area contributed by atoms with Gasteiger partial charge in [0.05, 0.1) is 5.75 Å². The normalized spacial score (nSPS) is 18.6. The maximum atomic E-state index is 12.1. The number of benzene rings is 1. The minimum Gasteiger partial charge on any atom is -0.299 e. The van der Waals surface area contributed by atoms with Crippen LogP contribution in [0.5, 0.6) is 0 Å². The molecule has 0 spiro atoms. The Morgan fingerprint density at radius 1 is 1.14 bits per heavy atom. The molecule has 0 bridgehead atoms. The number of hydrogen-bond donors (Lipinski definition) is 1. The van der Waals surface area contributed by atoms with Crippen LogP contribution in [0.4, 0.5) is 0 Å². The third-order valence-electron chi connectivity index (χ3n) is 4.09. The molecular formula is C16H26N2O2S. The van der Waals surface area contributed by atoms with Crippen molar-refractivity contribution in [2.75, 3.05) is 19.6 Å². The molecule has 0 amide bonds. The molecule has 1 unspecified atom stereocenters. The first-order valence-corrected chi connectivity index (χ1v) is 9.38. The molecule has 4 nitrogen and oxygen atoms in total. The second-order valence-electron chi connectivity index (χ2n) is 6.04. The molecule has 1 aromatic rings. The first kappa shape index (κ1) is 16.5. The van der Waals surface area contributed by atoms with E-state index in [4.69, 9.17) is 0 Å². The highest BCUT2D eigenvalue weighted by Gasteiger charge is 2.19. The topological polar surface area (TPSA) is 49.4 Å². The van der Waals surface area contributed by atoms with Crippen molar-refractivity contribution < 1.29 is 8.42 Å². The summed E-state index contributed by atoms with van der Waals surface area (Å²) in [5.74, 6) is 0.0556. The van der Waals surface area contributed by atoms with Crippen molar-refractivity contribution in [3.8, 4) is 0 Å². The van der Waals surface area contributed by atoms with Gasteiger partial charge in [-0.25, -0.2) is 13.1 Å². The number of likely N-dealkylation sites (tertiary alicyclic amines) is 1. The van der Waals surface area contributed by atoms with Crippen LogP contribution in [0.15, 0.2) is 24.3 Å². The fourth-order valence-electron chi connectivity index (χ4n) is 2.69. The summed E-state index contributed by atoms with van der Waals surface area (Å²) in [4.78, 5) is 2.37. The van der Waals surface area contributed by atoms with Crippen LogP contribution < -0.4 is 4.72 Å². The molecular weight excluding hydrogens is 284 g/mol. The van der Waals surface area contributed by atoms with Gasteiger partial charge in [0.15, 0.2) is 0 Å². The lowest BCUT2D eigenvalue weighted by atomic mass is 10.1. The minimum absolute atomic E-state index is 0.0556. The van der Waals surface area contributed by atoms with E-state index in [0.717, 1.165) is 24.2 Å². The van der Waals surface area contributed by atoms with Gasteiger partial charge < -0.3 is 0 Å². The summed E-state index contributed by atoms with van der Waals surface area (Å²) in [5, 5.41) is 0. The van der Waals surface area contributed by atoms with E-state index in [-0.39, 0.29) is 11.8 Å². The van der Waals surface area contributed by atoms with Crippen molar-refractivity contribution in [2.45, 2.75) is 44.9 Å². The maximum Gasteiger partial charge on any atom is 0.215 e. The molecule has 21 heavy (non-hydrogen) atoms. The highest BCUT2D eigenvalue weighted by molar-refractivity contribution is 7.88. The predicted molar refractivity (Wildman–Crippen MR) is 86.7 cm³/mol. The molecule has 0 aliphatic carbocycles. The Balaban J connectivity index is 1.84. The SMILES string of the molecule is Cc1ccc(CS(=O)(=O)NCC(C)N2CCCCC2)cc1. The molecule has 0 saturated carbocycles. The van der Waals surface area contributed by atoms with E-state index in [2.05, 4.69) is 16.5 Å². The lowest BCUT2D eigenvalue weighted by Gasteiger charge is -2.32. The van der Waals surface area contributed by atoms with Gasteiger partial charge in [-0.1, -0.05) is 36.2 Å². The van der Waals surface area contributed by atoms with Crippen LogP contribution in [0, 0.1) is 6.92 Å². The van der Waals surface area contributed by atoms with E-state index in [1.807, 2.05) is 31.2 Å². The van der Waals surface area contributed by atoms with Gasteiger partial charge in [0, 0.05) is 12.6 Å². The van der Waals surface area contributed by atoms with Gasteiger partial charge in [0.1, 0.15) is 0 Å². The molecule has 0 aromatic heterocycles. The highest BCUT2D eigenvalue weighted by atomic mass is 32.2. The van der Waals surface area contributed by atoms with Crippen LogP contribution in [0.25, 0.3) is 0 Å². The highest BCUT2D eigenvalue weighted by Crippen LogP contribution is 2.12. The van der Waals surface area contributed by atoms with Crippen molar-refractivity contribution in [3.63, 3.8) is 0 Å². The minimum atomic E-state index is -3.26. The lowest BCUT2D eigenvalue weighted by Crippen LogP contribution is -2.44. The van der Waals surface area contributed by atoms with Crippen LogP contribution in [0.3, 0.4) is 0 Å². The van der Waals surface area contributed by atoms with E-state index in [1.54, 1.807) is 0 Å². The fraction of sp³-hybridized carbons (Fsp3) is 0.625. The van der Waals surface area contributed by atoms with Gasteiger partial charge in [0.2, 0.25) is 10.0 Å². The van der Waals surface area contributed by atoms with Crippen LogP contribution >= 0.6 is 0 Å². The van der Waals surface area contributed by atoms with E-state index in [9.17, 15) is 8.42 Å². The number of aryl methyl sites for hydroxylation is 1. The second-order valence-corrected chi connectivity index (χ2v) is 7.85. The number of rotatable bonds is 6. The van der Waals surface area contributed by atoms with Crippen LogP contribution in [0.1, 0.15) is 37.3 Å². The number of hydrogen-bond acceptors (Lipinski definition) is 3. The van der Waals surface area contributed by atoms with E-state index < -0.39 is 10.0 Å². The molecule has 1 heterocycles. The van der Waals surface area contributed by atoms with E-state index in [0.29, 0.717) is 6.54 Å². The zero-order chi connectivity index (χ0) is 15.3. The Morgan fingerprint density at radius 3 is 2.38 bits per heavy atom. The lowest BCUT2D eigenvalue weighted by molar-refractivity contribution is 0.175. The molecule has 118 valence electrons. The van der Waals surface area contributed by atoms with Gasteiger partial charge in [0.25, 0.3) is 0 Å². The molecule has 1 aliphatic rings. The summed E-state index contributed by atoms with van der Waals surface area (Å²) in [6.45, 7) is 6.76. The number of sulfonamides is 1. The van der Waals surface area contributed by atoms with Gasteiger partial charge >= 0.3 is 0 Å². The Hall–Kier alpha value is -0.910. The monoisotopic (exact) mass is 310 g/mol. The molecule has 0 radical (unpaired) electrons. The van der Waals surface area contributed by atoms with Crippen molar-refractivity contribution >= 4 is 10.0 Å². The van der Waals surface area contributed by atoms with Crippen molar-refractivity contribution in [2.24, 2.45) is 0 Å². The molecule has 1 aliphatic heterocycles. The zero-order valence-electron chi connectivity index (χ0n) is 13.0. The standard InChI is InChI=1S/C16H26N2O2S/c1-14-6-8-16(9-7-14)13-21(19,20)17-12-15(2)18-10-4-3-5-11-18/h6-9,15,17H,3-5,10-13H2,1-2H3. The molecule has 1 atom stereocenters. The quantitative estimate of drug-likeness (QED) is 0.877. The summed E-state index contributed by atoms with van der Waals surface area (Å²) in [6, 6.07) is 7.91. The molecule has 5 heteroatoms. The van der Waals surface area contributed by atoms with E-state index >= 15 is 0 Å².